The molecule has 1 nitrogen and oxygen atoms in total. The van der Waals surface area contributed by atoms with Gasteiger partial charge >= 0.3 is 0 Å². The van der Waals surface area contributed by atoms with Crippen LogP contribution in [0.4, 0.5) is 0 Å². The Labute approximate surface area is 89.8 Å². The molecule has 76 valence electrons. The molecule has 1 N–H and O–H groups in total. The molecule has 1 aliphatic rings. The quantitative estimate of drug-likeness (QED) is 0.750. The van der Waals surface area contributed by atoms with Crippen LogP contribution in [0.3, 0.4) is 0 Å². The van der Waals surface area contributed by atoms with Gasteiger partial charge in [-0.1, -0.05) is 12.2 Å². The Hall–Kier alpha value is -0.600. The maximum atomic E-state index is 3.58. The highest BCUT2D eigenvalue weighted by Crippen LogP contribution is 2.15. The minimum atomic E-state index is 0.600. The third-order valence-electron chi connectivity index (χ3n) is 2.77. The largest absolute Gasteiger partial charge is 0.306 e. The van der Waals surface area contributed by atoms with Gasteiger partial charge in [0.15, 0.2) is 0 Å². The highest BCUT2D eigenvalue weighted by molar-refractivity contribution is 7.08. The summed E-state index contributed by atoms with van der Waals surface area (Å²) in [5.74, 6) is 0. The number of nitrogens with one attached hydrogen (secondary N) is 1. The van der Waals surface area contributed by atoms with E-state index in [1.54, 1.807) is 11.3 Å². The molecule has 1 aromatic heterocycles. The van der Waals surface area contributed by atoms with Gasteiger partial charge < -0.3 is 5.32 Å². The Kier molecular flexibility index (Phi) is 3.38. The summed E-state index contributed by atoms with van der Waals surface area (Å²) in [7, 11) is 0. The molecular weight excluding hydrogens is 190 g/mol. The van der Waals surface area contributed by atoms with Crippen LogP contribution >= 0.6 is 11.3 Å². The Morgan fingerprint density at radius 3 is 3.07 bits per heavy atom. The minimum absolute atomic E-state index is 0.600. The zero-order chi connectivity index (χ0) is 9.80. The van der Waals surface area contributed by atoms with E-state index in [0.29, 0.717) is 6.04 Å². The van der Waals surface area contributed by atoms with E-state index in [9.17, 15) is 0 Å². The summed E-state index contributed by atoms with van der Waals surface area (Å²) in [5, 5.41) is 8.05. The second kappa shape index (κ2) is 4.76. The van der Waals surface area contributed by atoms with Crippen LogP contribution in [0, 0.1) is 6.92 Å². The Morgan fingerprint density at radius 2 is 2.43 bits per heavy atom. The van der Waals surface area contributed by atoms with Crippen LogP contribution in [-0.2, 0) is 6.54 Å². The van der Waals surface area contributed by atoms with Crippen LogP contribution in [0.1, 0.15) is 30.4 Å². The molecule has 1 atom stereocenters. The molecular formula is C12H17NS. The summed E-state index contributed by atoms with van der Waals surface area (Å²) in [4.78, 5) is 0. The van der Waals surface area contributed by atoms with Crippen molar-refractivity contribution in [2.45, 2.75) is 38.8 Å². The van der Waals surface area contributed by atoms with Gasteiger partial charge in [0.05, 0.1) is 0 Å². The second-order valence-electron chi connectivity index (χ2n) is 3.93. The number of allylic oxidation sites excluding steroid dienone is 1. The summed E-state index contributed by atoms with van der Waals surface area (Å²) in [6.07, 6.45) is 8.49. The monoisotopic (exact) mass is 207 g/mol. The highest BCUT2D eigenvalue weighted by atomic mass is 32.1. The van der Waals surface area contributed by atoms with Crippen molar-refractivity contribution < 1.29 is 0 Å². The van der Waals surface area contributed by atoms with E-state index in [0.717, 1.165) is 6.54 Å². The Morgan fingerprint density at radius 1 is 1.50 bits per heavy atom. The molecule has 2 heteroatoms. The van der Waals surface area contributed by atoms with E-state index in [1.165, 1.54) is 30.4 Å². The van der Waals surface area contributed by atoms with Crippen molar-refractivity contribution in [1.29, 1.82) is 0 Å². The predicted octanol–water partition coefficient (Wildman–Crippen LogP) is 3.25. The maximum absolute atomic E-state index is 3.58. The molecule has 0 saturated carbocycles. The predicted molar refractivity (Wildman–Crippen MR) is 62.7 cm³/mol. The van der Waals surface area contributed by atoms with Crippen LogP contribution < -0.4 is 5.32 Å². The van der Waals surface area contributed by atoms with Crippen molar-refractivity contribution in [1.82, 2.24) is 5.32 Å². The lowest BCUT2D eigenvalue weighted by molar-refractivity contribution is 0.522. The molecule has 14 heavy (non-hydrogen) atoms. The van der Waals surface area contributed by atoms with Crippen molar-refractivity contribution >= 4 is 11.3 Å². The average molecular weight is 207 g/mol. The van der Waals surface area contributed by atoms with Gasteiger partial charge in [-0.05, 0) is 48.1 Å². The smallest absolute Gasteiger partial charge is 0.0253 e. The van der Waals surface area contributed by atoms with Gasteiger partial charge in [0.25, 0.3) is 0 Å². The molecule has 0 radical (unpaired) electrons. The molecule has 1 unspecified atom stereocenters. The van der Waals surface area contributed by atoms with Gasteiger partial charge in [0, 0.05) is 12.6 Å². The number of thiophene rings is 1. The Bertz CT molecular complexity index is 314. The minimum Gasteiger partial charge on any atom is -0.306 e. The van der Waals surface area contributed by atoms with Gasteiger partial charge in [-0.25, -0.2) is 0 Å². The summed E-state index contributed by atoms with van der Waals surface area (Å²) < 4.78 is 0. The molecule has 0 bridgehead atoms. The summed E-state index contributed by atoms with van der Waals surface area (Å²) >= 11 is 1.79. The van der Waals surface area contributed by atoms with Crippen LogP contribution in [0.5, 0.6) is 0 Å². The summed E-state index contributed by atoms with van der Waals surface area (Å²) in [6.45, 7) is 3.20. The third-order valence-corrected chi connectivity index (χ3v) is 3.68. The zero-order valence-electron chi connectivity index (χ0n) is 8.62. The van der Waals surface area contributed by atoms with Crippen LogP contribution in [0.2, 0.25) is 0 Å². The van der Waals surface area contributed by atoms with Crippen LogP contribution in [-0.4, -0.2) is 6.04 Å². The first-order valence-corrected chi connectivity index (χ1v) is 6.22. The van der Waals surface area contributed by atoms with Crippen molar-refractivity contribution in [3.63, 3.8) is 0 Å². The zero-order valence-corrected chi connectivity index (χ0v) is 9.44. The molecule has 0 saturated heterocycles. The van der Waals surface area contributed by atoms with Crippen molar-refractivity contribution in [2.24, 2.45) is 0 Å². The summed E-state index contributed by atoms with van der Waals surface area (Å²) in [6, 6.07) is 0.600. The number of hydrogen-bond donors (Lipinski definition) is 1. The fourth-order valence-electron chi connectivity index (χ4n) is 1.79. The van der Waals surface area contributed by atoms with E-state index < -0.39 is 0 Å². The first-order chi connectivity index (χ1) is 6.86. The second-order valence-corrected chi connectivity index (χ2v) is 4.67. The van der Waals surface area contributed by atoms with Gasteiger partial charge in [-0.2, -0.15) is 11.3 Å². The molecule has 2 rings (SSSR count). The normalized spacial score (nSPS) is 21.4. The average Bonchev–Trinajstić information content (AvgIpc) is 2.63. The van der Waals surface area contributed by atoms with Crippen LogP contribution in [0.15, 0.2) is 22.9 Å². The SMILES string of the molecule is Cc1cscc1CNC1C=CCCC1. The molecule has 0 aliphatic heterocycles. The van der Waals surface area contributed by atoms with Gasteiger partial charge in [-0.15, -0.1) is 0 Å². The standard InChI is InChI=1S/C12H17NS/c1-10-8-14-9-11(10)7-13-12-5-3-2-4-6-12/h3,5,8-9,12-13H,2,4,6-7H2,1H3. The van der Waals surface area contributed by atoms with E-state index >= 15 is 0 Å². The molecule has 0 spiro atoms. The first-order valence-electron chi connectivity index (χ1n) is 5.28. The van der Waals surface area contributed by atoms with E-state index in [-0.39, 0.29) is 0 Å². The third kappa shape index (κ3) is 2.46. The van der Waals surface area contributed by atoms with Crippen LogP contribution in [0.25, 0.3) is 0 Å². The Balaban J connectivity index is 1.85. The first kappa shape index (κ1) is 9.94. The number of hydrogen-bond acceptors (Lipinski definition) is 2. The fourth-order valence-corrected chi connectivity index (χ4v) is 2.65. The van der Waals surface area contributed by atoms with E-state index in [2.05, 4.69) is 35.2 Å². The molecule has 0 aromatic carbocycles. The van der Waals surface area contributed by atoms with Crippen molar-refractivity contribution in [3.8, 4) is 0 Å². The molecule has 1 aliphatic carbocycles. The molecule has 1 heterocycles. The lowest BCUT2D eigenvalue weighted by atomic mass is 10.0. The fraction of sp³-hybridized carbons (Fsp3) is 0.500. The van der Waals surface area contributed by atoms with Gasteiger partial charge in [-0.3, -0.25) is 0 Å². The maximum Gasteiger partial charge on any atom is 0.0253 e. The molecule has 1 aromatic rings. The number of rotatable bonds is 3. The van der Waals surface area contributed by atoms with Crippen molar-refractivity contribution in [3.05, 3.63) is 34.0 Å². The van der Waals surface area contributed by atoms with Gasteiger partial charge in [0.2, 0.25) is 0 Å². The van der Waals surface area contributed by atoms with E-state index in [1.807, 2.05) is 0 Å². The summed E-state index contributed by atoms with van der Waals surface area (Å²) in [5.41, 5.74) is 2.87. The lowest BCUT2D eigenvalue weighted by Crippen LogP contribution is -2.27. The van der Waals surface area contributed by atoms with Gasteiger partial charge in [0.1, 0.15) is 0 Å². The molecule has 0 amide bonds. The lowest BCUT2D eigenvalue weighted by Gasteiger charge is -2.17. The number of aryl methyl sites for hydroxylation is 1. The highest BCUT2D eigenvalue weighted by Gasteiger charge is 2.07. The molecule has 0 fully saturated rings. The topological polar surface area (TPSA) is 12.0 Å². The van der Waals surface area contributed by atoms with Crippen molar-refractivity contribution in [2.75, 3.05) is 0 Å². The van der Waals surface area contributed by atoms with E-state index in [4.69, 9.17) is 0 Å².